The molecular weight excluding hydrogens is 318 g/mol. The number of aromatic nitrogens is 3. The standard InChI is InChI=1S/C18H29N5O2/c1-21(2)9-10-25-13-15-11-23(12-16-17(15)22(3)20-19-16)18(24)14-7-5-4-6-8-14/h7,15H,4-6,8-13H2,1-3H3/t15-/m0/s1. The minimum atomic E-state index is 0.124. The van der Waals surface area contributed by atoms with Crippen molar-refractivity contribution in [3.63, 3.8) is 0 Å². The van der Waals surface area contributed by atoms with Crippen LogP contribution in [0.15, 0.2) is 11.6 Å². The fraction of sp³-hybridized carbons (Fsp3) is 0.722. The van der Waals surface area contributed by atoms with Gasteiger partial charge in [0.15, 0.2) is 0 Å². The molecule has 0 radical (unpaired) electrons. The van der Waals surface area contributed by atoms with Gasteiger partial charge in [-0.3, -0.25) is 9.48 Å². The van der Waals surface area contributed by atoms with Crippen LogP contribution in [0.1, 0.15) is 43.0 Å². The summed E-state index contributed by atoms with van der Waals surface area (Å²) in [6.07, 6.45) is 6.32. The van der Waals surface area contributed by atoms with Crippen molar-refractivity contribution in [1.82, 2.24) is 24.8 Å². The molecule has 7 nitrogen and oxygen atoms in total. The Bertz CT molecular complexity index is 637. The molecule has 1 amide bonds. The molecule has 0 bridgehead atoms. The first-order chi connectivity index (χ1) is 12.1. The van der Waals surface area contributed by atoms with E-state index in [9.17, 15) is 4.79 Å². The average molecular weight is 347 g/mol. The van der Waals surface area contributed by atoms with E-state index < -0.39 is 0 Å². The molecule has 138 valence electrons. The quantitative estimate of drug-likeness (QED) is 0.726. The number of aryl methyl sites for hydroxylation is 1. The second-order valence-corrected chi connectivity index (χ2v) is 7.28. The van der Waals surface area contributed by atoms with Gasteiger partial charge in [0.1, 0.15) is 5.69 Å². The first-order valence-electron chi connectivity index (χ1n) is 9.15. The molecule has 0 saturated heterocycles. The summed E-state index contributed by atoms with van der Waals surface area (Å²) in [5.74, 6) is 0.286. The number of likely N-dealkylation sites (N-methyl/N-ethyl adjacent to an activating group) is 1. The second kappa shape index (κ2) is 8.10. The molecule has 1 aliphatic heterocycles. The molecule has 25 heavy (non-hydrogen) atoms. The van der Waals surface area contributed by atoms with E-state index in [1.807, 2.05) is 30.7 Å². The van der Waals surface area contributed by atoms with Gasteiger partial charge in [-0.1, -0.05) is 11.3 Å². The Morgan fingerprint density at radius 3 is 2.96 bits per heavy atom. The number of nitrogens with zero attached hydrogens (tertiary/aromatic N) is 5. The summed E-state index contributed by atoms with van der Waals surface area (Å²) in [7, 11) is 5.98. The predicted octanol–water partition coefficient (Wildman–Crippen LogP) is 1.32. The average Bonchev–Trinajstić information content (AvgIpc) is 2.99. The van der Waals surface area contributed by atoms with Crippen molar-refractivity contribution in [3.8, 4) is 0 Å². The number of rotatable bonds is 6. The Morgan fingerprint density at radius 2 is 2.24 bits per heavy atom. The van der Waals surface area contributed by atoms with Crippen LogP contribution in [0.3, 0.4) is 0 Å². The number of ether oxygens (including phenoxy) is 1. The molecule has 0 N–H and O–H groups in total. The van der Waals surface area contributed by atoms with E-state index in [1.165, 1.54) is 6.42 Å². The number of carbonyl (C=O) groups is 1. The highest BCUT2D eigenvalue weighted by molar-refractivity contribution is 5.93. The number of fused-ring (bicyclic) bond motifs is 1. The maximum Gasteiger partial charge on any atom is 0.249 e. The van der Waals surface area contributed by atoms with Crippen molar-refractivity contribution in [1.29, 1.82) is 0 Å². The van der Waals surface area contributed by atoms with Gasteiger partial charge in [0.2, 0.25) is 5.91 Å². The third-order valence-electron chi connectivity index (χ3n) is 4.97. The lowest BCUT2D eigenvalue weighted by molar-refractivity contribution is -0.129. The Kier molecular flexibility index (Phi) is 5.86. The monoisotopic (exact) mass is 347 g/mol. The van der Waals surface area contributed by atoms with Crippen LogP contribution in [0.2, 0.25) is 0 Å². The van der Waals surface area contributed by atoms with Crippen LogP contribution in [-0.2, 0) is 23.1 Å². The Hall–Kier alpha value is -1.73. The topological polar surface area (TPSA) is 63.5 Å². The van der Waals surface area contributed by atoms with Crippen LogP contribution in [0.4, 0.5) is 0 Å². The number of carbonyl (C=O) groups excluding carboxylic acids is 1. The molecule has 0 unspecified atom stereocenters. The van der Waals surface area contributed by atoms with Crippen molar-refractivity contribution in [2.75, 3.05) is 40.4 Å². The van der Waals surface area contributed by atoms with Crippen molar-refractivity contribution in [2.24, 2.45) is 7.05 Å². The summed E-state index contributed by atoms with van der Waals surface area (Å²) >= 11 is 0. The van der Waals surface area contributed by atoms with E-state index in [2.05, 4.69) is 21.3 Å². The molecule has 0 saturated carbocycles. The van der Waals surface area contributed by atoms with Gasteiger partial charge in [0.05, 0.1) is 25.5 Å². The SMILES string of the molecule is CN(C)CCOC[C@@H]1CN(C(=O)C2=CCCCC2)Cc2nnn(C)c21. The van der Waals surface area contributed by atoms with Gasteiger partial charge >= 0.3 is 0 Å². The molecule has 7 heteroatoms. The zero-order valence-electron chi connectivity index (χ0n) is 15.6. The van der Waals surface area contributed by atoms with Crippen LogP contribution < -0.4 is 0 Å². The maximum absolute atomic E-state index is 12.9. The molecule has 2 heterocycles. The van der Waals surface area contributed by atoms with Crippen molar-refractivity contribution in [2.45, 2.75) is 38.1 Å². The van der Waals surface area contributed by atoms with Gasteiger partial charge in [-0.2, -0.15) is 0 Å². The first-order valence-corrected chi connectivity index (χ1v) is 9.15. The van der Waals surface area contributed by atoms with E-state index in [0.717, 1.165) is 42.8 Å². The fourth-order valence-corrected chi connectivity index (χ4v) is 3.61. The minimum absolute atomic E-state index is 0.124. The van der Waals surface area contributed by atoms with Crippen LogP contribution in [0.5, 0.6) is 0 Å². The zero-order chi connectivity index (χ0) is 17.8. The molecule has 1 aliphatic carbocycles. The molecule has 0 aromatic carbocycles. The van der Waals surface area contributed by atoms with Gasteiger partial charge in [-0.15, -0.1) is 5.10 Å². The van der Waals surface area contributed by atoms with Crippen molar-refractivity contribution in [3.05, 3.63) is 23.0 Å². The molecule has 1 aromatic rings. The summed E-state index contributed by atoms with van der Waals surface area (Å²) < 4.78 is 7.71. The third-order valence-corrected chi connectivity index (χ3v) is 4.97. The highest BCUT2D eigenvalue weighted by Gasteiger charge is 2.33. The van der Waals surface area contributed by atoms with Gasteiger partial charge in [0, 0.05) is 31.6 Å². The first kappa shape index (κ1) is 18.1. The number of amides is 1. The summed E-state index contributed by atoms with van der Waals surface area (Å²) in [4.78, 5) is 16.9. The molecule has 2 aliphatic rings. The largest absolute Gasteiger partial charge is 0.379 e. The van der Waals surface area contributed by atoms with Gasteiger partial charge < -0.3 is 14.5 Å². The fourth-order valence-electron chi connectivity index (χ4n) is 3.61. The Balaban J connectivity index is 1.69. The van der Waals surface area contributed by atoms with Gasteiger partial charge in [-0.25, -0.2) is 0 Å². The smallest absolute Gasteiger partial charge is 0.249 e. The lowest BCUT2D eigenvalue weighted by Gasteiger charge is -2.33. The normalized spacial score (nSPS) is 20.6. The molecule has 0 fully saturated rings. The highest BCUT2D eigenvalue weighted by atomic mass is 16.5. The number of hydrogen-bond acceptors (Lipinski definition) is 5. The van der Waals surface area contributed by atoms with E-state index in [0.29, 0.717) is 26.3 Å². The summed E-state index contributed by atoms with van der Waals surface area (Å²) in [5, 5.41) is 8.44. The molecule has 3 rings (SSSR count). The second-order valence-electron chi connectivity index (χ2n) is 7.28. The van der Waals surface area contributed by atoms with Crippen LogP contribution in [0.25, 0.3) is 0 Å². The summed E-state index contributed by atoms with van der Waals surface area (Å²) in [6.45, 7) is 3.38. The molecular formula is C18H29N5O2. The lowest BCUT2D eigenvalue weighted by Crippen LogP contribution is -2.41. The van der Waals surface area contributed by atoms with E-state index in [1.54, 1.807) is 0 Å². The number of allylic oxidation sites excluding steroid dienone is 1. The minimum Gasteiger partial charge on any atom is -0.379 e. The zero-order valence-corrected chi connectivity index (χ0v) is 15.6. The Labute approximate surface area is 149 Å². The van der Waals surface area contributed by atoms with E-state index in [4.69, 9.17) is 4.74 Å². The third kappa shape index (κ3) is 4.27. The Morgan fingerprint density at radius 1 is 1.40 bits per heavy atom. The predicted molar refractivity (Wildman–Crippen MR) is 95.1 cm³/mol. The van der Waals surface area contributed by atoms with Crippen molar-refractivity contribution >= 4 is 5.91 Å². The summed E-state index contributed by atoms with van der Waals surface area (Å²) in [6, 6.07) is 0. The highest BCUT2D eigenvalue weighted by Crippen LogP contribution is 2.29. The van der Waals surface area contributed by atoms with Gasteiger partial charge in [0.25, 0.3) is 0 Å². The lowest BCUT2D eigenvalue weighted by atomic mass is 9.95. The van der Waals surface area contributed by atoms with Crippen LogP contribution in [0, 0.1) is 0 Å². The van der Waals surface area contributed by atoms with E-state index in [-0.39, 0.29) is 11.8 Å². The summed E-state index contributed by atoms with van der Waals surface area (Å²) in [5.41, 5.74) is 2.97. The molecule has 1 aromatic heterocycles. The van der Waals surface area contributed by atoms with Gasteiger partial charge in [-0.05, 0) is 39.8 Å². The van der Waals surface area contributed by atoms with Crippen molar-refractivity contribution < 1.29 is 9.53 Å². The van der Waals surface area contributed by atoms with E-state index >= 15 is 0 Å². The van der Waals surface area contributed by atoms with Crippen LogP contribution >= 0.6 is 0 Å². The molecule has 0 spiro atoms. The molecule has 1 atom stereocenters. The maximum atomic E-state index is 12.9. The van der Waals surface area contributed by atoms with Crippen LogP contribution in [-0.4, -0.2) is 71.1 Å². The number of hydrogen-bond donors (Lipinski definition) is 0.